The van der Waals surface area contributed by atoms with Crippen LogP contribution in [0.4, 0.5) is 0 Å². The molecule has 1 heterocycles. The van der Waals surface area contributed by atoms with Crippen molar-refractivity contribution >= 4 is 5.97 Å². The molecule has 2 rings (SSSR count). The third-order valence-electron chi connectivity index (χ3n) is 3.14. The molecule has 0 saturated heterocycles. The lowest BCUT2D eigenvalue weighted by atomic mass is 10.0. The maximum Gasteiger partial charge on any atom is 0.318 e. The maximum absolute atomic E-state index is 11.7. The van der Waals surface area contributed by atoms with Gasteiger partial charge in [-0.15, -0.1) is 0 Å². The third kappa shape index (κ3) is 3.90. The molecule has 0 radical (unpaired) electrons. The van der Waals surface area contributed by atoms with Gasteiger partial charge in [-0.3, -0.25) is 4.79 Å². The van der Waals surface area contributed by atoms with Crippen molar-refractivity contribution in [2.24, 2.45) is 0 Å². The molecule has 2 aromatic rings. The van der Waals surface area contributed by atoms with E-state index >= 15 is 0 Å². The van der Waals surface area contributed by atoms with Gasteiger partial charge in [0.2, 0.25) is 5.89 Å². The molecule has 1 unspecified atom stereocenters. The number of aryl methyl sites for hydroxylation is 2. The second-order valence-electron chi connectivity index (χ2n) is 5.20. The van der Waals surface area contributed by atoms with E-state index in [1.165, 1.54) is 11.1 Å². The zero-order chi connectivity index (χ0) is 15.4. The fourth-order valence-electron chi connectivity index (χ4n) is 2.24. The van der Waals surface area contributed by atoms with Gasteiger partial charge in [0, 0.05) is 6.42 Å². The van der Waals surface area contributed by atoms with Crippen molar-refractivity contribution < 1.29 is 14.1 Å². The fraction of sp³-hybridized carbons (Fsp3) is 0.438. The molecule has 0 aliphatic carbocycles. The van der Waals surface area contributed by atoms with Gasteiger partial charge in [-0.2, -0.15) is 4.98 Å². The van der Waals surface area contributed by atoms with Crippen molar-refractivity contribution in [1.29, 1.82) is 0 Å². The first-order valence-electron chi connectivity index (χ1n) is 7.06. The van der Waals surface area contributed by atoms with Crippen molar-refractivity contribution in [3.05, 3.63) is 46.6 Å². The van der Waals surface area contributed by atoms with Crippen LogP contribution in [-0.2, 0) is 16.0 Å². The summed E-state index contributed by atoms with van der Waals surface area (Å²) in [5.41, 5.74) is 3.53. The average molecular weight is 288 g/mol. The van der Waals surface area contributed by atoms with Crippen LogP contribution in [0.15, 0.2) is 22.7 Å². The van der Waals surface area contributed by atoms with E-state index < -0.39 is 5.92 Å². The Labute approximate surface area is 124 Å². The minimum atomic E-state index is -0.537. The predicted octanol–water partition coefficient (Wildman–Crippen LogP) is 2.94. The molecule has 5 heteroatoms. The van der Waals surface area contributed by atoms with Gasteiger partial charge in [-0.05, 0) is 33.3 Å². The fourth-order valence-corrected chi connectivity index (χ4v) is 2.24. The predicted molar refractivity (Wildman–Crippen MR) is 78.1 cm³/mol. The largest absolute Gasteiger partial charge is 0.465 e. The van der Waals surface area contributed by atoms with Gasteiger partial charge >= 0.3 is 5.97 Å². The lowest BCUT2D eigenvalue weighted by molar-refractivity contribution is -0.145. The number of carbonyl (C=O) groups excluding carboxylic acids is 1. The number of hydrogen-bond acceptors (Lipinski definition) is 5. The summed E-state index contributed by atoms with van der Waals surface area (Å²) in [7, 11) is 0. The quantitative estimate of drug-likeness (QED) is 0.791. The van der Waals surface area contributed by atoms with Crippen LogP contribution in [0.3, 0.4) is 0 Å². The molecule has 5 nitrogen and oxygen atoms in total. The summed E-state index contributed by atoms with van der Waals surface area (Å²) in [5, 5.41) is 3.94. The van der Waals surface area contributed by atoms with Crippen LogP contribution in [0.25, 0.3) is 0 Å². The highest BCUT2D eigenvalue weighted by Crippen LogP contribution is 2.17. The third-order valence-corrected chi connectivity index (χ3v) is 3.14. The molecule has 112 valence electrons. The van der Waals surface area contributed by atoms with Crippen LogP contribution < -0.4 is 0 Å². The Morgan fingerprint density at radius 1 is 1.29 bits per heavy atom. The van der Waals surface area contributed by atoms with E-state index in [1.807, 2.05) is 0 Å². The topological polar surface area (TPSA) is 65.2 Å². The lowest BCUT2D eigenvalue weighted by Gasteiger charge is -2.04. The number of benzene rings is 1. The van der Waals surface area contributed by atoms with Gasteiger partial charge in [0.15, 0.2) is 5.82 Å². The summed E-state index contributed by atoms with van der Waals surface area (Å²) in [4.78, 5) is 15.9. The van der Waals surface area contributed by atoms with Crippen LogP contribution in [0.2, 0.25) is 0 Å². The van der Waals surface area contributed by atoms with Gasteiger partial charge in [0.05, 0.1) is 6.61 Å². The summed E-state index contributed by atoms with van der Waals surface area (Å²) in [5.74, 6) is -0.0106. The highest BCUT2D eigenvalue weighted by Gasteiger charge is 2.23. The Balaban J connectivity index is 2.11. The molecule has 0 aliphatic rings. The van der Waals surface area contributed by atoms with Crippen molar-refractivity contribution in [1.82, 2.24) is 10.1 Å². The second kappa shape index (κ2) is 6.52. The number of ether oxygens (including phenoxy) is 1. The molecule has 0 aliphatic heterocycles. The zero-order valence-electron chi connectivity index (χ0n) is 12.8. The van der Waals surface area contributed by atoms with E-state index in [9.17, 15) is 4.79 Å². The van der Waals surface area contributed by atoms with E-state index in [2.05, 4.69) is 42.2 Å². The van der Waals surface area contributed by atoms with Gasteiger partial charge in [-0.25, -0.2) is 0 Å². The van der Waals surface area contributed by atoms with Crippen LogP contribution in [-0.4, -0.2) is 22.7 Å². The van der Waals surface area contributed by atoms with E-state index in [0.29, 0.717) is 24.7 Å². The molecular formula is C16H20N2O3. The van der Waals surface area contributed by atoms with E-state index in [-0.39, 0.29) is 5.97 Å². The molecule has 0 N–H and O–H groups in total. The number of esters is 1. The van der Waals surface area contributed by atoms with Crippen LogP contribution in [0.5, 0.6) is 0 Å². The Bertz CT molecular complexity index is 614. The van der Waals surface area contributed by atoms with Crippen LogP contribution in [0, 0.1) is 13.8 Å². The van der Waals surface area contributed by atoms with Crippen LogP contribution >= 0.6 is 0 Å². The SMILES string of the molecule is CCOC(=O)C(C)c1nc(Cc2cc(C)cc(C)c2)no1. The van der Waals surface area contributed by atoms with Gasteiger partial charge in [0.25, 0.3) is 0 Å². The normalized spacial score (nSPS) is 12.2. The number of nitrogens with zero attached hydrogens (tertiary/aromatic N) is 2. The number of hydrogen-bond donors (Lipinski definition) is 0. The summed E-state index contributed by atoms with van der Waals surface area (Å²) < 4.78 is 10.1. The molecule has 0 amide bonds. The average Bonchev–Trinajstić information content (AvgIpc) is 2.85. The minimum absolute atomic E-state index is 0.299. The van der Waals surface area contributed by atoms with Crippen molar-refractivity contribution in [3.8, 4) is 0 Å². The molecule has 1 aromatic carbocycles. The molecule has 21 heavy (non-hydrogen) atoms. The molecular weight excluding hydrogens is 268 g/mol. The highest BCUT2D eigenvalue weighted by atomic mass is 16.5. The molecule has 1 atom stereocenters. The van der Waals surface area contributed by atoms with Gasteiger partial charge in [0.1, 0.15) is 5.92 Å². The molecule has 0 fully saturated rings. The van der Waals surface area contributed by atoms with Crippen molar-refractivity contribution in [2.45, 2.75) is 40.0 Å². The molecule has 1 aromatic heterocycles. The first kappa shape index (κ1) is 15.2. The van der Waals surface area contributed by atoms with E-state index in [0.717, 1.165) is 5.56 Å². The highest BCUT2D eigenvalue weighted by molar-refractivity contribution is 5.76. The summed E-state index contributed by atoms with van der Waals surface area (Å²) in [6, 6.07) is 6.31. The Morgan fingerprint density at radius 3 is 2.57 bits per heavy atom. The van der Waals surface area contributed by atoms with E-state index in [4.69, 9.17) is 9.26 Å². The smallest absolute Gasteiger partial charge is 0.318 e. The Morgan fingerprint density at radius 2 is 1.95 bits per heavy atom. The summed E-state index contributed by atoms with van der Waals surface area (Å²) in [6.07, 6.45) is 0.585. The summed E-state index contributed by atoms with van der Waals surface area (Å²) >= 11 is 0. The Kier molecular flexibility index (Phi) is 4.73. The zero-order valence-corrected chi connectivity index (χ0v) is 12.8. The van der Waals surface area contributed by atoms with E-state index in [1.54, 1.807) is 13.8 Å². The first-order valence-corrected chi connectivity index (χ1v) is 7.06. The van der Waals surface area contributed by atoms with Crippen LogP contribution in [0.1, 0.15) is 48.2 Å². The number of aromatic nitrogens is 2. The summed E-state index contributed by atoms with van der Waals surface area (Å²) in [6.45, 7) is 7.92. The first-order chi connectivity index (χ1) is 9.99. The van der Waals surface area contributed by atoms with Gasteiger partial charge < -0.3 is 9.26 Å². The number of rotatable bonds is 5. The lowest BCUT2D eigenvalue weighted by Crippen LogP contribution is -2.13. The minimum Gasteiger partial charge on any atom is -0.465 e. The standard InChI is InChI=1S/C16H20N2O3/c1-5-20-16(19)12(4)15-17-14(18-21-15)9-13-7-10(2)6-11(3)8-13/h6-8,12H,5,9H2,1-4H3. The molecule has 0 spiro atoms. The number of carbonyl (C=O) groups is 1. The monoisotopic (exact) mass is 288 g/mol. The molecule has 0 saturated carbocycles. The van der Waals surface area contributed by atoms with Gasteiger partial charge in [-0.1, -0.05) is 34.5 Å². The maximum atomic E-state index is 11.7. The molecule has 0 bridgehead atoms. The van der Waals surface area contributed by atoms with Crippen molar-refractivity contribution in [2.75, 3.05) is 6.61 Å². The second-order valence-corrected chi connectivity index (χ2v) is 5.20. The Hall–Kier alpha value is -2.17. The van der Waals surface area contributed by atoms with Crippen molar-refractivity contribution in [3.63, 3.8) is 0 Å².